The largest absolute Gasteiger partial charge is 0.391 e. The molecule has 1 saturated heterocycles. The highest BCUT2D eigenvalue weighted by molar-refractivity contribution is 9.10. The van der Waals surface area contributed by atoms with Crippen LogP contribution in [0.1, 0.15) is 31.9 Å². The summed E-state index contributed by atoms with van der Waals surface area (Å²) in [7, 11) is 0. The Morgan fingerprint density at radius 2 is 2.33 bits per heavy atom. The van der Waals surface area contributed by atoms with Crippen molar-refractivity contribution >= 4 is 21.6 Å². The molecule has 18 heavy (non-hydrogen) atoms. The molecule has 2 unspecified atom stereocenters. The molecule has 2 atom stereocenters. The van der Waals surface area contributed by atoms with E-state index in [1.165, 1.54) is 11.3 Å². The van der Waals surface area contributed by atoms with Crippen LogP contribution < -0.4 is 10.2 Å². The summed E-state index contributed by atoms with van der Waals surface area (Å²) in [6, 6.07) is 6.73. The normalized spacial score (nSPS) is 21.3. The summed E-state index contributed by atoms with van der Waals surface area (Å²) in [5, 5.41) is 13.1. The van der Waals surface area contributed by atoms with E-state index in [2.05, 4.69) is 58.2 Å². The summed E-state index contributed by atoms with van der Waals surface area (Å²) < 4.78 is 1.09. The molecule has 1 aromatic carbocycles. The van der Waals surface area contributed by atoms with Crippen LogP contribution in [0.15, 0.2) is 22.7 Å². The fourth-order valence-corrected chi connectivity index (χ4v) is 2.88. The van der Waals surface area contributed by atoms with E-state index in [0.717, 1.165) is 30.5 Å². The summed E-state index contributed by atoms with van der Waals surface area (Å²) in [5.74, 6) is 0. The summed E-state index contributed by atoms with van der Waals surface area (Å²) in [5.41, 5.74) is 2.53. The van der Waals surface area contributed by atoms with E-state index >= 15 is 0 Å². The number of benzene rings is 1. The van der Waals surface area contributed by atoms with Crippen LogP contribution in [0.2, 0.25) is 0 Å². The maximum absolute atomic E-state index is 9.69. The third kappa shape index (κ3) is 3.05. The lowest BCUT2D eigenvalue weighted by Gasteiger charge is -2.25. The Labute approximate surface area is 117 Å². The predicted molar refractivity (Wildman–Crippen MR) is 79.1 cm³/mol. The molecule has 0 saturated carbocycles. The molecular weight excluding hydrogens is 292 g/mol. The van der Waals surface area contributed by atoms with Crippen molar-refractivity contribution in [1.29, 1.82) is 0 Å². The fraction of sp³-hybridized carbons (Fsp3) is 0.571. The van der Waals surface area contributed by atoms with Gasteiger partial charge in [0.25, 0.3) is 0 Å². The number of β-amino-alcohol motifs (C(OH)–C–C–N with tert-alkyl or cyclic N) is 1. The Hall–Kier alpha value is -0.580. The van der Waals surface area contributed by atoms with Crippen molar-refractivity contribution in [1.82, 2.24) is 5.32 Å². The van der Waals surface area contributed by atoms with Crippen LogP contribution in [0.3, 0.4) is 0 Å². The van der Waals surface area contributed by atoms with Crippen molar-refractivity contribution in [3.8, 4) is 0 Å². The van der Waals surface area contributed by atoms with Crippen LogP contribution in [-0.2, 0) is 0 Å². The highest BCUT2D eigenvalue weighted by atomic mass is 79.9. The van der Waals surface area contributed by atoms with E-state index in [1.54, 1.807) is 0 Å². The Balaban J connectivity index is 2.28. The van der Waals surface area contributed by atoms with Crippen LogP contribution in [-0.4, -0.2) is 30.8 Å². The lowest BCUT2D eigenvalue weighted by molar-refractivity contribution is 0.198. The molecule has 4 heteroatoms. The van der Waals surface area contributed by atoms with Crippen molar-refractivity contribution in [3.63, 3.8) is 0 Å². The SMILES string of the molecule is CCNC(C)c1ccc(Br)cc1N1CCC(O)C1. The van der Waals surface area contributed by atoms with Gasteiger partial charge in [0.2, 0.25) is 0 Å². The van der Waals surface area contributed by atoms with Crippen LogP contribution in [0.25, 0.3) is 0 Å². The minimum atomic E-state index is -0.189. The third-order valence-corrected chi connectivity index (χ3v) is 3.97. The number of hydrogen-bond donors (Lipinski definition) is 2. The Kier molecular flexibility index (Phi) is 4.65. The number of anilines is 1. The molecule has 0 radical (unpaired) electrons. The number of aliphatic hydroxyl groups excluding tert-OH is 1. The molecule has 1 aliphatic heterocycles. The van der Waals surface area contributed by atoms with E-state index in [4.69, 9.17) is 0 Å². The topological polar surface area (TPSA) is 35.5 Å². The smallest absolute Gasteiger partial charge is 0.0731 e. The second kappa shape index (κ2) is 6.04. The lowest BCUT2D eigenvalue weighted by atomic mass is 10.1. The van der Waals surface area contributed by atoms with Crippen LogP contribution in [0.4, 0.5) is 5.69 Å². The van der Waals surface area contributed by atoms with Gasteiger partial charge in [-0.05, 0) is 37.6 Å². The minimum Gasteiger partial charge on any atom is -0.391 e. The zero-order valence-electron chi connectivity index (χ0n) is 11.0. The molecule has 0 spiro atoms. The molecule has 1 aromatic rings. The van der Waals surface area contributed by atoms with Crippen molar-refractivity contribution in [2.45, 2.75) is 32.4 Å². The second-order valence-electron chi connectivity index (χ2n) is 4.87. The van der Waals surface area contributed by atoms with Gasteiger partial charge in [-0.2, -0.15) is 0 Å². The summed E-state index contributed by atoms with van der Waals surface area (Å²) in [6.45, 7) is 6.93. The summed E-state index contributed by atoms with van der Waals surface area (Å²) in [4.78, 5) is 2.28. The van der Waals surface area contributed by atoms with Gasteiger partial charge in [-0.15, -0.1) is 0 Å². The fourth-order valence-electron chi connectivity index (χ4n) is 2.53. The van der Waals surface area contributed by atoms with Crippen molar-refractivity contribution in [2.24, 2.45) is 0 Å². The maximum atomic E-state index is 9.69. The highest BCUT2D eigenvalue weighted by Gasteiger charge is 2.23. The number of hydrogen-bond acceptors (Lipinski definition) is 3. The van der Waals surface area contributed by atoms with Gasteiger partial charge in [0, 0.05) is 29.3 Å². The first-order valence-electron chi connectivity index (χ1n) is 6.57. The highest BCUT2D eigenvalue weighted by Crippen LogP contribution is 2.31. The van der Waals surface area contributed by atoms with Crippen molar-refractivity contribution in [2.75, 3.05) is 24.5 Å². The molecule has 0 aromatic heterocycles. The molecule has 3 nitrogen and oxygen atoms in total. The minimum absolute atomic E-state index is 0.189. The number of halogens is 1. The first-order chi connectivity index (χ1) is 8.61. The van der Waals surface area contributed by atoms with Gasteiger partial charge in [-0.3, -0.25) is 0 Å². The molecule has 0 amide bonds. The van der Waals surface area contributed by atoms with Gasteiger partial charge in [-0.1, -0.05) is 28.9 Å². The summed E-state index contributed by atoms with van der Waals surface area (Å²) >= 11 is 3.54. The molecule has 2 rings (SSSR count). The van der Waals surface area contributed by atoms with E-state index in [9.17, 15) is 5.11 Å². The molecule has 1 heterocycles. The third-order valence-electron chi connectivity index (χ3n) is 3.47. The van der Waals surface area contributed by atoms with Crippen molar-refractivity contribution in [3.05, 3.63) is 28.2 Å². The second-order valence-corrected chi connectivity index (χ2v) is 5.79. The van der Waals surface area contributed by atoms with Gasteiger partial charge >= 0.3 is 0 Å². The molecule has 2 N–H and O–H groups in total. The van der Waals surface area contributed by atoms with Gasteiger partial charge < -0.3 is 15.3 Å². The lowest BCUT2D eigenvalue weighted by Crippen LogP contribution is -2.25. The Morgan fingerprint density at radius 3 is 2.94 bits per heavy atom. The summed E-state index contributed by atoms with van der Waals surface area (Å²) in [6.07, 6.45) is 0.674. The van der Waals surface area contributed by atoms with E-state index in [1.807, 2.05) is 0 Å². The van der Waals surface area contributed by atoms with E-state index in [-0.39, 0.29) is 6.10 Å². The standard InChI is InChI=1S/C14H21BrN2O/c1-3-16-10(2)13-5-4-11(15)8-14(13)17-7-6-12(18)9-17/h4-5,8,10,12,16,18H,3,6-7,9H2,1-2H3. The van der Waals surface area contributed by atoms with Gasteiger partial charge in [0.1, 0.15) is 0 Å². The zero-order valence-corrected chi connectivity index (χ0v) is 12.6. The quantitative estimate of drug-likeness (QED) is 0.897. The molecule has 0 bridgehead atoms. The average Bonchev–Trinajstić information content (AvgIpc) is 2.76. The first kappa shape index (κ1) is 13.8. The monoisotopic (exact) mass is 312 g/mol. The zero-order chi connectivity index (χ0) is 13.1. The number of nitrogens with one attached hydrogen (secondary N) is 1. The number of nitrogens with zero attached hydrogens (tertiary/aromatic N) is 1. The van der Waals surface area contributed by atoms with Crippen LogP contribution in [0, 0.1) is 0 Å². The average molecular weight is 313 g/mol. The Bertz CT molecular complexity index is 411. The molecule has 100 valence electrons. The van der Waals surface area contributed by atoms with E-state index < -0.39 is 0 Å². The van der Waals surface area contributed by atoms with Crippen LogP contribution >= 0.6 is 15.9 Å². The molecule has 0 aliphatic carbocycles. The first-order valence-corrected chi connectivity index (χ1v) is 7.37. The predicted octanol–water partition coefficient (Wildman–Crippen LogP) is 2.69. The van der Waals surface area contributed by atoms with Gasteiger partial charge in [0.05, 0.1) is 6.10 Å². The van der Waals surface area contributed by atoms with E-state index in [0.29, 0.717) is 6.04 Å². The molecular formula is C14H21BrN2O. The maximum Gasteiger partial charge on any atom is 0.0731 e. The van der Waals surface area contributed by atoms with Crippen LogP contribution in [0.5, 0.6) is 0 Å². The van der Waals surface area contributed by atoms with Gasteiger partial charge in [-0.25, -0.2) is 0 Å². The molecule has 1 aliphatic rings. The number of aliphatic hydroxyl groups is 1. The number of rotatable bonds is 4. The Morgan fingerprint density at radius 1 is 1.56 bits per heavy atom. The molecule has 1 fully saturated rings. The van der Waals surface area contributed by atoms with Gasteiger partial charge in [0.15, 0.2) is 0 Å². The van der Waals surface area contributed by atoms with Crippen molar-refractivity contribution < 1.29 is 5.11 Å².